The third-order valence-electron chi connectivity index (χ3n) is 6.47. The van der Waals surface area contributed by atoms with Crippen LogP contribution in [0.1, 0.15) is 37.8 Å². The van der Waals surface area contributed by atoms with Crippen molar-refractivity contribution in [1.82, 2.24) is 10.2 Å². The molecule has 1 unspecified atom stereocenters. The summed E-state index contributed by atoms with van der Waals surface area (Å²) in [6.45, 7) is 5.54. The van der Waals surface area contributed by atoms with E-state index in [0.29, 0.717) is 18.7 Å². The van der Waals surface area contributed by atoms with E-state index in [2.05, 4.69) is 5.32 Å². The number of amides is 2. The lowest BCUT2D eigenvalue weighted by molar-refractivity contribution is -0.140. The zero-order valence-electron chi connectivity index (χ0n) is 23.6. The number of aryl methyl sites for hydroxylation is 1. The first-order valence-electron chi connectivity index (χ1n) is 13.3. The molecule has 8 nitrogen and oxygen atoms in total. The second kappa shape index (κ2) is 14.6. The predicted octanol–water partition coefficient (Wildman–Crippen LogP) is 5.84. The maximum Gasteiger partial charge on any atom is 0.264 e. The summed E-state index contributed by atoms with van der Waals surface area (Å²) in [7, 11) is -2.67. The third kappa shape index (κ3) is 8.38. The van der Waals surface area contributed by atoms with Gasteiger partial charge in [0.1, 0.15) is 18.3 Å². The van der Waals surface area contributed by atoms with Gasteiger partial charge in [0, 0.05) is 23.1 Å². The van der Waals surface area contributed by atoms with Crippen LogP contribution >= 0.6 is 23.2 Å². The van der Waals surface area contributed by atoms with Crippen LogP contribution in [-0.2, 0) is 26.2 Å². The van der Waals surface area contributed by atoms with Gasteiger partial charge in [-0.15, -0.1) is 0 Å². The molecule has 0 fully saturated rings. The van der Waals surface area contributed by atoms with Crippen molar-refractivity contribution in [3.05, 3.63) is 87.9 Å². The van der Waals surface area contributed by atoms with Gasteiger partial charge >= 0.3 is 0 Å². The van der Waals surface area contributed by atoms with Crippen molar-refractivity contribution in [1.29, 1.82) is 0 Å². The molecule has 1 N–H and O–H groups in total. The van der Waals surface area contributed by atoms with E-state index in [4.69, 9.17) is 27.9 Å². The molecule has 3 aromatic carbocycles. The topological polar surface area (TPSA) is 96.0 Å². The number of hydrogen-bond donors (Lipinski definition) is 1. The van der Waals surface area contributed by atoms with Crippen LogP contribution in [0, 0.1) is 6.92 Å². The highest BCUT2D eigenvalue weighted by Gasteiger charge is 2.34. The second-order valence-electron chi connectivity index (χ2n) is 9.54. The quantitative estimate of drug-likeness (QED) is 0.259. The van der Waals surface area contributed by atoms with Gasteiger partial charge in [0.15, 0.2) is 0 Å². The molecule has 2 amide bonds. The van der Waals surface area contributed by atoms with Gasteiger partial charge < -0.3 is 15.0 Å². The molecule has 0 saturated carbocycles. The number of halogens is 2. The molecule has 3 rings (SSSR count). The number of carbonyl (C=O) groups excluding carboxylic acids is 2. The van der Waals surface area contributed by atoms with Crippen LogP contribution in [0.5, 0.6) is 5.75 Å². The normalized spacial score (nSPS) is 12.0. The minimum atomic E-state index is -4.23. The highest BCUT2D eigenvalue weighted by atomic mass is 35.5. The van der Waals surface area contributed by atoms with Crippen molar-refractivity contribution in [3.63, 3.8) is 0 Å². The Hall–Kier alpha value is -3.27. The summed E-state index contributed by atoms with van der Waals surface area (Å²) in [6, 6.07) is 17.0. The van der Waals surface area contributed by atoms with Gasteiger partial charge in [-0.3, -0.25) is 13.9 Å². The standard InChI is InChI=1S/C30H35Cl2N3O5S/c1-5-15-33-30(37)28(6-2)34(19-22-9-11-26(40-4)12-10-22)29(36)20-35(25-17-23(31)16-24(32)18-25)41(38,39)27-13-7-21(3)8-14-27/h7-14,16-18,28H,5-6,15,19-20H2,1-4H3,(H,33,37). The summed E-state index contributed by atoms with van der Waals surface area (Å²) in [6.07, 6.45) is 1.05. The zero-order valence-corrected chi connectivity index (χ0v) is 25.9. The van der Waals surface area contributed by atoms with Gasteiger partial charge in [-0.2, -0.15) is 0 Å². The number of benzene rings is 3. The smallest absolute Gasteiger partial charge is 0.264 e. The fourth-order valence-electron chi connectivity index (χ4n) is 4.26. The van der Waals surface area contributed by atoms with Crippen LogP contribution < -0.4 is 14.4 Å². The second-order valence-corrected chi connectivity index (χ2v) is 12.3. The molecule has 0 radical (unpaired) electrons. The minimum absolute atomic E-state index is 0.00133. The Labute approximate surface area is 252 Å². The first-order valence-corrected chi connectivity index (χ1v) is 15.4. The number of hydrogen-bond acceptors (Lipinski definition) is 5. The number of carbonyl (C=O) groups is 2. The number of sulfonamides is 1. The Balaban J connectivity index is 2.07. The highest BCUT2D eigenvalue weighted by Crippen LogP contribution is 2.30. The third-order valence-corrected chi connectivity index (χ3v) is 8.69. The molecule has 0 spiro atoms. The average molecular weight is 621 g/mol. The molecule has 0 aliphatic heterocycles. The van der Waals surface area contributed by atoms with E-state index in [0.717, 1.165) is 21.9 Å². The summed E-state index contributed by atoms with van der Waals surface area (Å²) in [5.41, 5.74) is 1.76. The molecule has 41 heavy (non-hydrogen) atoms. The summed E-state index contributed by atoms with van der Waals surface area (Å²) >= 11 is 12.5. The maximum absolute atomic E-state index is 14.1. The summed E-state index contributed by atoms with van der Waals surface area (Å²) < 4.78 is 34.1. The lowest BCUT2D eigenvalue weighted by Gasteiger charge is -2.33. The number of nitrogens with one attached hydrogen (secondary N) is 1. The van der Waals surface area contributed by atoms with Gasteiger partial charge in [0.2, 0.25) is 11.8 Å². The van der Waals surface area contributed by atoms with E-state index >= 15 is 0 Å². The van der Waals surface area contributed by atoms with E-state index in [9.17, 15) is 18.0 Å². The van der Waals surface area contributed by atoms with Crippen LogP contribution in [0.15, 0.2) is 71.6 Å². The maximum atomic E-state index is 14.1. The van der Waals surface area contributed by atoms with Gasteiger partial charge in [-0.05, 0) is 67.8 Å². The average Bonchev–Trinajstić information content (AvgIpc) is 2.94. The Bertz CT molecular complexity index is 1430. The summed E-state index contributed by atoms with van der Waals surface area (Å²) in [5, 5.41) is 3.29. The lowest BCUT2D eigenvalue weighted by atomic mass is 10.1. The molecular weight excluding hydrogens is 585 g/mol. The molecule has 220 valence electrons. The largest absolute Gasteiger partial charge is 0.497 e. The van der Waals surface area contributed by atoms with Gasteiger partial charge in [0.25, 0.3) is 10.0 Å². The molecular formula is C30H35Cl2N3O5S. The number of rotatable bonds is 13. The molecule has 1 atom stereocenters. The number of nitrogens with zero attached hydrogens (tertiary/aromatic N) is 2. The predicted molar refractivity (Wildman–Crippen MR) is 163 cm³/mol. The fourth-order valence-corrected chi connectivity index (χ4v) is 6.17. The highest BCUT2D eigenvalue weighted by molar-refractivity contribution is 7.92. The Kier molecular flexibility index (Phi) is 11.5. The lowest BCUT2D eigenvalue weighted by Crippen LogP contribution is -2.52. The first-order chi connectivity index (χ1) is 19.5. The summed E-state index contributed by atoms with van der Waals surface area (Å²) in [4.78, 5) is 28.7. The van der Waals surface area contributed by atoms with E-state index in [1.54, 1.807) is 43.5 Å². The van der Waals surface area contributed by atoms with Crippen LogP contribution in [0.3, 0.4) is 0 Å². The fraction of sp³-hybridized carbons (Fsp3) is 0.333. The monoisotopic (exact) mass is 619 g/mol. The Morgan fingerprint density at radius 2 is 1.56 bits per heavy atom. The van der Waals surface area contributed by atoms with Crippen LogP contribution in [0.4, 0.5) is 5.69 Å². The number of anilines is 1. The van der Waals surface area contributed by atoms with Crippen LogP contribution in [0.2, 0.25) is 10.0 Å². The Morgan fingerprint density at radius 1 is 0.951 bits per heavy atom. The van der Waals surface area contributed by atoms with Crippen molar-refractivity contribution in [3.8, 4) is 5.75 Å². The van der Waals surface area contributed by atoms with E-state index < -0.39 is 28.5 Å². The van der Waals surface area contributed by atoms with Crippen molar-refractivity contribution in [2.24, 2.45) is 0 Å². The van der Waals surface area contributed by atoms with E-state index in [1.807, 2.05) is 20.8 Å². The molecule has 11 heteroatoms. The molecule has 0 heterocycles. The van der Waals surface area contributed by atoms with Crippen molar-refractivity contribution < 1.29 is 22.7 Å². The summed E-state index contributed by atoms with van der Waals surface area (Å²) in [5.74, 6) is -0.228. The van der Waals surface area contributed by atoms with Crippen molar-refractivity contribution in [2.45, 2.75) is 51.1 Å². The SMILES string of the molecule is CCCNC(=O)C(CC)N(Cc1ccc(OC)cc1)C(=O)CN(c1cc(Cl)cc(Cl)c1)S(=O)(=O)c1ccc(C)cc1. The van der Waals surface area contributed by atoms with Gasteiger partial charge in [0.05, 0.1) is 17.7 Å². The number of ether oxygens (including phenoxy) is 1. The molecule has 0 aliphatic carbocycles. The van der Waals surface area contributed by atoms with Crippen molar-refractivity contribution >= 4 is 50.7 Å². The molecule has 0 aliphatic rings. The van der Waals surface area contributed by atoms with Crippen LogP contribution in [-0.4, -0.2) is 51.4 Å². The van der Waals surface area contributed by atoms with E-state index in [-0.39, 0.29) is 33.1 Å². The van der Waals surface area contributed by atoms with Gasteiger partial charge in [-0.1, -0.05) is 66.9 Å². The van der Waals surface area contributed by atoms with E-state index in [1.165, 1.54) is 35.2 Å². The van der Waals surface area contributed by atoms with Crippen LogP contribution in [0.25, 0.3) is 0 Å². The number of methoxy groups -OCH3 is 1. The first kappa shape index (κ1) is 32.2. The zero-order chi connectivity index (χ0) is 30.2. The molecule has 0 aromatic heterocycles. The Morgan fingerprint density at radius 3 is 2.10 bits per heavy atom. The minimum Gasteiger partial charge on any atom is -0.497 e. The van der Waals surface area contributed by atoms with Crippen molar-refractivity contribution in [2.75, 3.05) is 24.5 Å². The van der Waals surface area contributed by atoms with Gasteiger partial charge in [-0.25, -0.2) is 8.42 Å². The molecule has 0 saturated heterocycles. The molecule has 3 aromatic rings. The molecule has 0 bridgehead atoms.